The fraction of sp³-hybridized carbons (Fsp3) is 0.333. The first kappa shape index (κ1) is 13.8. The minimum Gasteiger partial charge on any atom is -0.624 e. The van der Waals surface area contributed by atoms with Gasteiger partial charge in [-0.2, -0.15) is 0 Å². The highest BCUT2D eigenvalue weighted by molar-refractivity contribution is 6.32. The van der Waals surface area contributed by atoms with Crippen LogP contribution in [0.3, 0.4) is 0 Å². The Morgan fingerprint density at radius 1 is 1.37 bits per heavy atom. The summed E-state index contributed by atoms with van der Waals surface area (Å²) >= 11 is 6.12. The van der Waals surface area contributed by atoms with E-state index in [-0.39, 0.29) is 0 Å². The summed E-state index contributed by atoms with van der Waals surface area (Å²) in [6, 6.07) is 7.87. The number of hydrogen-bond donors (Lipinski definition) is 0. The second-order valence-corrected chi connectivity index (χ2v) is 5.55. The van der Waals surface area contributed by atoms with E-state index in [1.165, 1.54) is 6.21 Å². The van der Waals surface area contributed by atoms with Crippen LogP contribution in [-0.4, -0.2) is 22.5 Å². The molecule has 2 rings (SSSR count). The van der Waals surface area contributed by atoms with E-state index in [1.54, 1.807) is 0 Å². The summed E-state index contributed by atoms with van der Waals surface area (Å²) in [5, 5.41) is 13.1. The molecule has 100 valence electrons. The van der Waals surface area contributed by atoms with Crippen molar-refractivity contribution in [1.29, 1.82) is 0 Å². The fourth-order valence-electron chi connectivity index (χ4n) is 1.95. The zero-order valence-electron chi connectivity index (χ0n) is 11.4. The molecule has 0 saturated carbocycles. The Bertz CT molecular complexity index is 635. The largest absolute Gasteiger partial charge is 0.624 e. The van der Waals surface area contributed by atoms with Crippen molar-refractivity contribution in [2.45, 2.75) is 20.8 Å². The predicted molar refractivity (Wildman–Crippen MR) is 80.0 cm³/mol. The predicted octanol–water partition coefficient (Wildman–Crippen LogP) is 3.78. The molecular formula is C15H17ClN2O. The van der Waals surface area contributed by atoms with Crippen molar-refractivity contribution < 1.29 is 4.74 Å². The van der Waals surface area contributed by atoms with Crippen molar-refractivity contribution in [3.05, 3.63) is 45.8 Å². The van der Waals surface area contributed by atoms with Gasteiger partial charge in [0.25, 0.3) is 0 Å². The topological polar surface area (TPSA) is 39.0 Å². The van der Waals surface area contributed by atoms with E-state index in [0.717, 1.165) is 21.2 Å². The van der Waals surface area contributed by atoms with Gasteiger partial charge < -0.3 is 5.21 Å². The Kier molecular flexibility index (Phi) is 4.05. The summed E-state index contributed by atoms with van der Waals surface area (Å²) in [4.78, 5) is 4.32. The number of hydroxylamine groups is 1. The van der Waals surface area contributed by atoms with Crippen molar-refractivity contribution in [3.63, 3.8) is 0 Å². The van der Waals surface area contributed by atoms with Crippen LogP contribution in [0.2, 0.25) is 5.15 Å². The molecule has 0 amide bonds. The van der Waals surface area contributed by atoms with Crippen molar-refractivity contribution in [2.75, 3.05) is 6.54 Å². The molecule has 0 atom stereocenters. The molecule has 19 heavy (non-hydrogen) atoms. The van der Waals surface area contributed by atoms with E-state index in [2.05, 4.69) is 4.98 Å². The molecule has 0 aliphatic rings. The van der Waals surface area contributed by atoms with E-state index < -0.39 is 0 Å². The van der Waals surface area contributed by atoms with Crippen LogP contribution in [0.5, 0.6) is 0 Å². The molecule has 0 fully saturated rings. The highest BCUT2D eigenvalue weighted by atomic mass is 35.5. The summed E-state index contributed by atoms with van der Waals surface area (Å²) in [5.41, 5.74) is 2.66. The first-order valence-corrected chi connectivity index (χ1v) is 6.69. The molecule has 1 heterocycles. The minimum atomic E-state index is 0.309. The number of rotatable bonds is 3. The van der Waals surface area contributed by atoms with Crippen LogP contribution < -0.4 is 0 Å². The Balaban J connectivity index is 2.46. The molecule has 0 N–H and O–H groups in total. The normalized spacial score (nSPS) is 12.4. The van der Waals surface area contributed by atoms with Crippen molar-refractivity contribution in [1.82, 2.24) is 4.98 Å². The van der Waals surface area contributed by atoms with Gasteiger partial charge in [0.2, 0.25) is 0 Å². The molecule has 0 spiro atoms. The highest BCUT2D eigenvalue weighted by Gasteiger charge is 2.07. The number of aryl methyl sites for hydroxylation is 1. The third kappa shape index (κ3) is 3.44. The summed E-state index contributed by atoms with van der Waals surface area (Å²) in [5.74, 6) is 0.309. The lowest BCUT2D eigenvalue weighted by Crippen LogP contribution is -2.13. The lowest BCUT2D eigenvalue weighted by Gasteiger charge is -2.07. The maximum Gasteiger partial charge on any atom is 0.184 e. The molecule has 1 aromatic heterocycles. The quantitative estimate of drug-likeness (QED) is 0.281. The van der Waals surface area contributed by atoms with Crippen LogP contribution in [0.15, 0.2) is 24.3 Å². The molecule has 0 radical (unpaired) electrons. The lowest BCUT2D eigenvalue weighted by atomic mass is 10.1. The van der Waals surface area contributed by atoms with Crippen molar-refractivity contribution in [3.8, 4) is 0 Å². The number of benzene rings is 1. The van der Waals surface area contributed by atoms with E-state index in [1.807, 2.05) is 45.0 Å². The van der Waals surface area contributed by atoms with Gasteiger partial charge in [-0.25, -0.2) is 9.72 Å². The third-order valence-electron chi connectivity index (χ3n) is 2.78. The summed E-state index contributed by atoms with van der Waals surface area (Å²) < 4.78 is 0.912. The van der Waals surface area contributed by atoms with E-state index in [4.69, 9.17) is 11.6 Å². The maximum atomic E-state index is 11.8. The zero-order valence-corrected chi connectivity index (χ0v) is 12.1. The molecule has 0 aliphatic heterocycles. The highest BCUT2D eigenvalue weighted by Crippen LogP contribution is 2.20. The van der Waals surface area contributed by atoms with Gasteiger partial charge >= 0.3 is 0 Å². The summed E-state index contributed by atoms with van der Waals surface area (Å²) in [6.07, 6.45) is 1.51. The van der Waals surface area contributed by atoms with Gasteiger partial charge in [0.05, 0.1) is 11.1 Å². The van der Waals surface area contributed by atoms with Gasteiger partial charge in [0.15, 0.2) is 12.8 Å². The Morgan fingerprint density at radius 3 is 2.79 bits per heavy atom. The maximum absolute atomic E-state index is 11.8. The fourth-order valence-corrected chi connectivity index (χ4v) is 2.14. The average molecular weight is 277 g/mol. The summed E-state index contributed by atoms with van der Waals surface area (Å²) in [6.45, 7) is 6.48. The first-order valence-electron chi connectivity index (χ1n) is 6.31. The monoisotopic (exact) mass is 276 g/mol. The number of nitrogens with zero attached hydrogens (tertiary/aromatic N) is 2. The number of halogens is 1. The molecule has 0 saturated heterocycles. The van der Waals surface area contributed by atoms with Crippen LogP contribution in [0.1, 0.15) is 25.0 Å². The minimum absolute atomic E-state index is 0.309. The molecule has 1 aromatic carbocycles. The summed E-state index contributed by atoms with van der Waals surface area (Å²) in [7, 11) is 0. The van der Waals surface area contributed by atoms with Gasteiger partial charge in [-0.05, 0) is 25.1 Å². The molecule has 3 nitrogen and oxygen atoms in total. The first-order chi connectivity index (χ1) is 8.95. The number of hydrogen-bond acceptors (Lipinski definition) is 2. The van der Waals surface area contributed by atoms with Crippen LogP contribution in [0, 0.1) is 18.0 Å². The van der Waals surface area contributed by atoms with Crippen LogP contribution in [-0.2, 0) is 0 Å². The van der Waals surface area contributed by atoms with Gasteiger partial charge in [0.1, 0.15) is 5.15 Å². The van der Waals surface area contributed by atoms with E-state index in [9.17, 15) is 5.21 Å². The standard InChI is InChI=1S/C15H17ClN2O/c1-10(2)8-18(19)9-13-7-12-6-11(3)4-5-14(12)17-15(13)16/h4-7,9-10H,8H2,1-3H3/b18-9-. The Labute approximate surface area is 118 Å². The average Bonchev–Trinajstić information content (AvgIpc) is 2.29. The molecule has 2 aromatic rings. The second kappa shape index (κ2) is 5.57. The molecular weight excluding hydrogens is 260 g/mol. The SMILES string of the molecule is Cc1ccc2nc(Cl)c(/C=[N+](\[O-])CC(C)C)cc2c1. The van der Waals surface area contributed by atoms with Gasteiger partial charge in [-0.15, -0.1) is 0 Å². The van der Waals surface area contributed by atoms with E-state index >= 15 is 0 Å². The lowest BCUT2D eigenvalue weighted by molar-refractivity contribution is -0.459. The van der Waals surface area contributed by atoms with Gasteiger partial charge in [-0.3, -0.25) is 0 Å². The van der Waals surface area contributed by atoms with Crippen LogP contribution in [0.4, 0.5) is 0 Å². The number of pyridine rings is 1. The van der Waals surface area contributed by atoms with Crippen molar-refractivity contribution >= 4 is 28.7 Å². The Morgan fingerprint density at radius 2 is 2.11 bits per heavy atom. The van der Waals surface area contributed by atoms with Crippen LogP contribution >= 0.6 is 11.6 Å². The number of aromatic nitrogens is 1. The van der Waals surface area contributed by atoms with Crippen molar-refractivity contribution in [2.24, 2.45) is 5.92 Å². The molecule has 4 heteroatoms. The van der Waals surface area contributed by atoms with Crippen LogP contribution in [0.25, 0.3) is 10.9 Å². The third-order valence-corrected chi connectivity index (χ3v) is 3.08. The molecule has 0 aliphatic carbocycles. The zero-order chi connectivity index (χ0) is 14.0. The smallest absolute Gasteiger partial charge is 0.184 e. The Hall–Kier alpha value is -1.61. The molecule has 0 unspecified atom stereocenters. The second-order valence-electron chi connectivity index (χ2n) is 5.19. The number of fused-ring (bicyclic) bond motifs is 1. The van der Waals surface area contributed by atoms with E-state index in [0.29, 0.717) is 23.2 Å². The van der Waals surface area contributed by atoms with Gasteiger partial charge in [-0.1, -0.05) is 37.1 Å². The molecule has 0 bridgehead atoms. The van der Waals surface area contributed by atoms with Gasteiger partial charge in [0, 0.05) is 11.3 Å².